The van der Waals surface area contributed by atoms with E-state index in [4.69, 9.17) is 10.00 Å². The van der Waals surface area contributed by atoms with E-state index in [-0.39, 0.29) is 17.1 Å². The number of alkyl halides is 4. The van der Waals surface area contributed by atoms with Crippen molar-refractivity contribution in [3.63, 3.8) is 0 Å². The van der Waals surface area contributed by atoms with E-state index in [2.05, 4.69) is 0 Å². The molecule has 0 radical (unpaired) electrons. The number of rotatable bonds is 2. The van der Waals surface area contributed by atoms with Crippen molar-refractivity contribution in [3.8, 4) is 23.6 Å². The number of benzene rings is 2. The molecule has 0 unspecified atom stereocenters. The maximum absolute atomic E-state index is 13.7. The summed E-state index contributed by atoms with van der Waals surface area (Å²) in [4.78, 5) is -0.591. The predicted molar refractivity (Wildman–Crippen MR) is 77.0 cm³/mol. The lowest BCUT2D eigenvalue weighted by Crippen LogP contribution is -2.29. The maximum atomic E-state index is 13.7. The zero-order valence-corrected chi connectivity index (χ0v) is 12.8. The first kappa shape index (κ1) is 17.1. The second kappa shape index (κ2) is 5.64. The third-order valence-corrected chi connectivity index (χ3v) is 4.53. The Morgan fingerprint density at radius 1 is 1.00 bits per heavy atom. The molecule has 0 spiro atoms. The Kier molecular flexibility index (Phi) is 3.85. The summed E-state index contributed by atoms with van der Waals surface area (Å²) >= 11 is -0.425. The number of hydrogen-bond acceptors (Lipinski definition) is 4. The molecule has 1 aliphatic rings. The summed E-state index contributed by atoms with van der Waals surface area (Å²) in [6, 6.07) is 7.95. The largest absolute Gasteiger partial charge is 0.456 e. The van der Waals surface area contributed by atoms with Gasteiger partial charge in [-0.1, -0.05) is 0 Å². The molecule has 1 heterocycles. The molecule has 0 bridgehead atoms. The molecule has 0 atom stereocenters. The lowest BCUT2D eigenvalue weighted by atomic mass is 10.0. The fraction of sp³-hybridized carbons (Fsp3) is 0.125. The van der Waals surface area contributed by atoms with Crippen LogP contribution in [0.4, 0.5) is 22.0 Å². The third-order valence-electron chi connectivity index (χ3n) is 3.39. The molecule has 0 saturated carbocycles. The van der Waals surface area contributed by atoms with Crippen LogP contribution in [-0.4, -0.2) is 5.25 Å². The summed E-state index contributed by atoms with van der Waals surface area (Å²) in [6.07, 6.45) is 0. The van der Waals surface area contributed by atoms with Crippen molar-refractivity contribution in [2.24, 2.45) is 0 Å². The smallest absolute Gasteiger partial charge is 0.364 e. The Hall–Kier alpha value is -2.78. The fourth-order valence-electron chi connectivity index (χ4n) is 2.27. The summed E-state index contributed by atoms with van der Waals surface area (Å²) in [5.41, 5.74) is -1.55. The third kappa shape index (κ3) is 2.67. The van der Waals surface area contributed by atoms with Crippen LogP contribution in [0.15, 0.2) is 35.2 Å². The van der Waals surface area contributed by atoms with Crippen molar-refractivity contribution in [2.75, 3.05) is 0 Å². The van der Waals surface area contributed by atoms with Gasteiger partial charge in [-0.05, 0) is 36.0 Å². The van der Waals surface area contributed by atoms with Crippen molar-refractivity contribution in [2.45, 2.75) is 16.1 Å². The number of fused-ring (bicyclic) bond motifs is 1. The van der Waals surface area contributed by atoms with Gasteiger partial charge in [0, 0.05) is 16.5 Å². The monoisotopic (exact) mass is 368 g/mol. The molecule has 0 fully saturated rings. The lowest BCUT2D eigenvalue weighted by molar-refractivity contribution is -0.154. The van der Waals surface area contributed by atoms with Crippen LogP contribution < -0.4 is 4.74 Å². The summed E-state index contributed by atoms with van der Waals surface area (Å²) in [7, 11) is 0. The highest BCUT2D eigenvalue weighted by Gasteiger charge is 2.65. The van der Waals surface area contributed by atoms with Crippen LogP contribution >= 0.6 is 11.8 Å². The first-order valence-electron chi connectivity index (χ1n) is 6.60. The van der Waals surface area contributed by atoms with Gasteiger partial charge in [-0.15, -0.1) is 0 Å². The normalized spacial score (nSPS) is 16.6. The fourth-order valence-corrected chi connectivity index (χ4v) is 3.32. The van der Waals surface area contributed by atoms with Crippen LogP contribution in [-0.2, 0) is 5.92 Å². The molecule has 3 rings (SSSR count). The highest BCUT2D eigenvalue weighted by atomic mass is 32.2. The second-order valence-electron chi connectivity index (χ2n) is 5.01. The molecule has 0 saturated heterocycles. The highest BCUT2D eigenvalue weighted by Crippen LogP contribution is 2.62. The van der Waals surface area contributed by atoms with Crippen molar-refractivity contribution < 1.29 is 26.7 Å². The van der Waals surface area contributed by atoms with E-state index < -0.39 is 44.8 Å². The minimum atomic E-state index is -4.43. The van der Waals surface area contributed by atoms with Crippen molar-refractivity contribution in [3.05, 3.63) is 52.8 Å². The molecule has 0 N–H and O–H groups in total. The predicted octanol–water partition coefficient (Wildman–Crippen LogP) is 5.15. The maximum Gasteiger partial charge on any atom is 0.364 e. The van der Waals surface area contributed by atoms with Crippen LogP contribution in [0.5, 0.6) is 11.5 Å². The van der Waals surface area contributed by atoms with Gasteiger partial charge in [0.2, 0.25) is 0 Å². The van der Waals surface area contributed by atoms with Gasteiger partial charge in [-0.2, -0.15) is 28.1 Å². The number of thioether (sulfide) groups is 1. The van der Waals surface area contributed by atoms with E-state index >= 15 is 0 Å². The van der Waals surface area contributed by atoms with Crippen LogP contribution in [0.25, 0.3) is 0 Å². The lowest BCUT2D eigenvalue weighted by Gasteiger charge is -2.17. The first-order chi connectivity index (χ1) is 11.7. The molecule has 0 amide bonds. The number of nitriles is 2. The van der Waals surface area contributed by atoms with Crippen LogP contribution in [0.3, 0.4) is 0 Å². The van der Waals surface area contributed by atoms with E-state index in [0.29, 0.717) is 0 Å². The van der Waals surface area contributed by atoms with Gasteiger partial charge >= 0.3 is 11.2 Å². The molecule has 0 aliphatic carbocycles. The van der Waals surface area contributed by atoms with E-state index in [1.165, 1.54) is 0 Å². The zero-order chi connectivity index (χ0) is 18.4. The standard InChI is InChI=1S/C16H5F5N2OS/c17-9-3-8(6-22)4-10(5-9)24-13-2-1-12-14(11(13)7-23)25-16(20,21)15(12,18)19/h1-5H. The Morgan fingerprint density at radius 2 is 1.72 bits per heavy atom. The molecule has 0 aromatic heterocycles. The number of halogens is 5. The van der Waals surface area contributed by atoms with Crippen LogP contribution in [0.2, 0.25) is 0 Å². The zero-order valence-electron chi connectivity index (χ0n) is 12.0. The SMILES string of the molecule is N#Cc1cc(F)cc(Oc2ccc3c(c2C#N)SC(F)(F)C3(F)F)c1. The molecule has 9 heteroatoms. The Labute approximate surface area is 142 Å². The molecular weight excluding hydrogens is 363 g/mol. The van der Waals surface area contributed by atoms with Crippen molar-refractivity contribution in [1.82, 2.24) is 0 Å². The van der Waals surface area contributed by atoms with Gasteiger partial charge in [-0.25, -0.2) is 4.39 Å². The van der Waals surface area contributed by atoms with Gasteiger partial charge in [0.15, 0.2) is 0 Å². The molecule has 126 valence electrons. The number of ether oxygens (including phenoxy) is 1. The average Bonchev–Trinajstić information content (AvgIpc) is 2.71. The molecule has 25 heavy (non-hydrogen) atoms. The van der Waals surface area contributed by atoms with Crippen molar-refractivity contribution in [1.29, 1.82) is 10.5 Å². The van der Waals surface area contributed by atoms with Gasteiger partial charge < -0.3 is 4.74 Å². The Balaban J connectivity index is 2.09. The van der Waals surface area contributed by atoms with Gasteiger partial charge in [0.25, 0.3) is 0 Å². The van der Waals surface area contributed by atoms with E-state index in [9.17, 15) is 27.2 Å². The van der Waals surface area contributed by atoms with Gasteiger partial charge in [-0.3, -0.25) is 0 Å². The molecule has 2 aromatic rings. The van der Waals surface area contributed by atoms with Crippen molar-refractivity contribution >= 4 is 11.8 Å². The number of nitrogens with zero attached hydrogens (tertiary/aromatic N) is 2. The van der Waals surface area contributed by atoms with Gasteiger partial charge in [0.05, 0.1) is 11.6 Å². The first-order valence-corrected chi connectivity index (χ1v) is 7.42. The Morgan fingerprint density at radius 3 is 2.36 bits per heavy atom. The summed E-state index contributed by atoms with van der Waals surface area (Å²) in [5, 5.41) is 13.6. The van der Waals surface area contributed by atoms with Crippen LogP contribution in [0, 0.1) is 28.5 Å². The minimum absolute atomic E-state index is 0.0675. The molecular formula is C16H5F5N2OS. The second-order valence-corrected chi connectivity index (χ2v) is 6.13. The quantitative estimate of drug-likeness (QED) is 0.688. The molecule has 3 nitrogen and oxygen atoms in total. The topological polar surface area (TPSA) is 56.8 Å². The minimum Gasteiger partial charge on any atom is -0.456 e. The van der Waals surface area contributed by atoms with E-state index in [1.54, 1.807) is 12.1 Å². The molecule has 2 aromatic carbocycles. The number of hydrogen-bond donors (Lipinski definition) is 0. The summed E-state index contributed by atoms with van der Waals surface area (Å²) in [5.74, 6) is -5.68. The van der Waals surface area contributed by atoms with Crippen LogP contribution in [0.1, 0.15) is 16.7 Å². The molecule has 1 aliphatic heterocycles. The Bertz CT molecular complexity index is 962. The average molecular weight is 368 g/mol. The van der Waals surface area contributed by atoms with Gasteiger partial charge in [0.1, 0.15) is 28.9 Å². The summed E-state index contributed by atoms with van der Waals surface area (Å²) < 4.78 is 73.2. The highest BCUT2D eigenvalue weighted by molar-refractivity contribution is 8.00. The van der Waals surface area contributed by atoms with E-state index in [1.807, 2.05) is 0 Å². The summed E-state index contributed by atoms with van der Waals surface area (Å²) in [6.45, 7) is 0. The van der Waals surface area contributed by atoms with E-state index in [0.717, 1.165) is 30.3 Å².